The summed E-state index contributed by atoms with van der Waals surface area (Å²) in [5.74, 6) is 1.01. The smallest absolute Gasteiger partial charge is 0.0992 e. The van der Waals surface area contributed by atoms with E-state index in [1.807, 2.05) is 37.3 Å². The lowest BCUT2D eigenvalue weighted by Gasteiger charge is -2.24. The van der Waals surface area contributed by atoms with Crippen LogP contribution in [-0.2, 0) is 5.60 Å². The van der Waals surface area contributed by atoms with Gasteiger partial charge in [-0.2, -0.15) is 0 Å². The molecule has 1 aliphatic rings. The first kappa shape index (κ1) is 12.6. The molecule has 2 heteroatoms. The molecule has 0 saturated heterocycles. The zero-order chi connectivity index (χ0) is 12.1. The number of nitrogens with one attached hydrogen (secondary N) is 1. The van der Waals surface area contributed by atoms with Crippen LogP contribution in [0.3, 0.4) is 0 Å². The molecule has 17 heavy (non-hydrogen) atoms. The summed E-state index contributed by atoms with van der Waals surface area (Å²) in [4.78, 5) is 0. The Balaban J connectivity index is 1.69. The molecule has 1 aromatic rings. The van der Waals surface area contributed by atoms with Crippen LogP contribution in [0.1, 0.15) is 38.2 Å². The quantitative estimate of drug-likeness (QED) is 0.710. The molecule has 0 aliphatic heterocycles. The molecule has 2 N–H and O–H groups in total. The van der Waals surface area contributed by atoms with Gasteiger partial charge in [0, 0.05) is 6.54 Å². The number of aliphatic hydroxyl groups is 1. The Morgan fingerprint density at radius 3 is 2.65 bits per heavy atom. The molecule has 1 unspecified atom stereocenters. The van der Waals surface area contributed by atoms with Gasteiger partial charge >= 0.3 is 0 Å². The highest BCUT2D eigenvalue weighted by molar-refractivity contribution is 5.21. The molecule has 1 saturated carbocycles. The summed E-state index contributed by atoms with van der Waals surface area (Å²) >= 11 is 0. The third-order valence-corrected chi connectivity index (χ3v) is 3.53. The lowest BCUT2D eigenvalue weighted by Crippen LogP contribution is -2.35. The van der Waals surface area contributed by atoms with Crippen molar-refractivity contribution in [3.63, 3.8) is 0 Å². The summed E-state index contributed by atoms with van der Waals surface area (Å²) in [6.07, 6.45) is 5.44. The molecule has 2 rings (SSSR count). The van der Waals surface area contributed by atoms with Crippen LogP contribution in [0.5, 0.6) is 0 Å². The molecule has 0 radical (unpaired) electrons. The van der Waals surface area contributed by atoms with E-state index < -0.39 is 5.60 Å². The fourth-order valence-corrected chi connectivity index (χ4v) is 2.15. The first-order valence-corrected chi connectivity index (χ1v) is 6.67. The highest BCUT2D eigenvalue weighted by Gasteiger charge is 2.22. The van der Waals surface area contributed by atoms with Gasteiger partial charge in [-0.1, -0.05) is 43.2 Å². The largest absolute Gasteiger partial charge is 0.384 e. The third kappa shape index (κ3) is 4.14. The van der Waals surface area contributed by atoms with E-state index in [2.05, 4.69) is 5.32 Å². The Kier molecular flexibility index (Phi) is 4.19. The Hall–Kier alpha value is -0.860. The Bertz CT molecular complexity index is 330. The molecular formula is C15H23NO. The molecule has 1 fully saturated rings. The van der Waals surface area contributed by atoms with Gasteiger partial charge in [-0.05, 0) is 37.8 Å². The molecule has 1 aliphatic carbocycles. The molecule has 0 bridgehead atoms. The van der Waals surface area contributed by atoms with Gasteiger partial charge in [-0.25, -0.2) is 0 Å². The molecule has 2 nitrogen and oxygen atoms in total. The van der Waals surface area contributed by atoms with Crippen molar-refractivity contribution in [1.29, 1.82) is 0 Å². The van der Waals surface area contributed by atoms with E-state index in [9.17, 15) is 5.11 Å². The molecule has 0 aromatic heterocycles. The number of rotatable bonds is 7. The van der Waals surface area contributed by atoms with E-state index in [0.717, 1.165) is 18.0 Å². The fraction of sp³-hybridized carbons (Fsp3) is 0.600. The van der Waals surface area contributed by atoms with Gasteiger partial charge in [-0.15, -0.1) is 0 Å². The maximum absolute atomic E-state index is 10.3. The van der Waals surface area contributed by atoms with E-state index in [4.69, 9.17) is 0 Å². The highest BCUT2D eigenvalue weighted by atomic mass is 16.3. The monoisotopic (exact) mass is 233 g/mol. The van der Waals surface area contributed by atoms with E-state index in [1.165, 1.54) is 25.7 Å². The predicted octanol–water partition coefficient (Wildman–Crippen LogP) is 2.67. The molecule has 1 atom stereocenters. The Morgan fingerprint density at radius 1 is 1.29 bits per heavy atom. The van der Waals surface area contributed by atoms with Crippen LogP contribution in [0, 0.1) is 5.92 Å². The summed E-state index contributed by atoms with van der Waals surface area (Å²) in [5, 5.41) is 13.7. The number of benzene rings is 1. The van der Waals surface area contributed by atoms with Gasteiger partial charge in [0.25, 0.3) is 0 Å². The predicted molar refractivity (Wildman–Crippen MR) is 70.8 cm³/mol. The van der Waals surface area contributed by atoms with Crippen LogP contribution in [0.2, 0.25) is 0 Å². The minimum absolute atomic E-state index is 0.627. The summed E-state index contributed by atoms with van der Waals surface area (Å²) in [6.45, 7) is 3.51. The molecular weight excluding hydrogens is 210 g/mol. The molecule has 0 spiro atoms. The number of hydrogen-bond acceptors (Lipinski definition) is 2. The normalized spacial score (nSPS) is 18.9. The SMILES string of the molecule is CC(O)(CNCCCC1CC1)c1ccccc1. The van der Waals surface area contributed by atoms with Crippen LogP contribution >= 0.6 is 0 Å². The minimum atomic E-state index is -0.763. The summed E-state index contributed by atoms with van der Waals surface area (Å²) in [7, 11) is 0. The van der Waals surface area contributed by atoms with Gasteiger partial charge in [0.05, 0.1) is 5.60 Å². The van der Waals surface area contributed by atoms with Crippen LogP contribution in [0.15, 0.2) is 30.3 Å². The molecule has 1 aromatic carbocycles. The second kappa shape index (κ2) is 5.65. The van der Waals surface area contributed by atoms with Crippen molar-refractivity contribution in [2.24, 2.45) is 5.92 Å². The summed E-state index contributed by atoms with van der Waals surface area (Å²) in [5.41, 5.74) is 0.218. The maximum Gasteiger partial charge on any atom is 0.0992 e. The lowest BCUT2D eigenvalue weighted by molar-refractivity contribution is 0.0571. The first-order valence-electron chi connectivity index (χ1n) is 6.67. The van der Waals surface area contributed by atoms with Crippen molar-refractivity contribution in [2.75, 3.05) is 13.1 Å². The van der Waals surface area contributed by atoms with E-state index in [-0.39, 0.29) is 0 Å². The Morgan fingerprint density at radius 2 is 2.00 bits per heavy atom. The van der Waals surface area contributed by atoms with Gasteiger partial charge in [0.2, 0.25) is 0 Å². The molecule has 94 valence electrons. The van der Waals surface area contributed by atoms with Crippen molar-refractivity contribution in [3.8, 4) is 0 Å². The van der Waals surface area contributed by atoms with Crippen LogP contribution in [0.4, 0.5) is 0 Å². The van der Waals surface area contributed by atoms with Crippen LogP contribution in [-0.4, -0.2) is 18.2 Å². The van der Waals surface area contributed by atoms with Crippen molar-refractivity contribution in [1.82, 2.24) is 5.32 Å². The van der Waals surface area contributed by atoms with Crippen molar-refractivity contribution in [3.05, 3.63) is 35.9 Å². The zero-order valence-electron chi connectivity index (χ0n) is 10.7. The van der Waals surface area contributed by atoms with Crippen LogP contribution < -0.4 is 5.32 Å². The van der Waals surface area contributed by atoms with Gasteiger partial charge in [0.1, 0.15) is 0 Å². The van der Waals surface area contributed by atoms with Gasteiger partial charge in [-0.3, -0.25) is 0 Å². The number of hydrogen-bond donors (Lipinski definition) is 2. The topological polar surface area (TPSA) is 32.3 Å². The zero-order valence-corrected chi connectivity index (χ0v) is 10.7. The highest BCUT2D eigenvalue weighted by Crippen LogP contribution is 2.33. The van der Waals surface area contributed by atoms with Crippen molar-refractivity contribution < 1.29 is 5.11 Å². The van der Waals surface area contributed by atoms with Gasteiger partial charge < -0.3 is 10.4 Å². The first-order chi connectivity index (χ1) is 8.18. The summed E-state index contributed by atoms with van der Waals surface area (Å²) < 4.78 is 0. The van der Waals surface area contributed by atoms with E-state index in [1.54, 1.807) is 0 Å². The second-order valence-electron chi connectivity index (χ2n) is 5.40. The van der Waals surface area contributed by atoms with E-state index >= 15 is 0 Å². The minimum Gasteiger partial charge on any atom is -0.384 e. The summed E-state index contributed by atoms with van der Waals surface area (Å²) in [6, 6.07) is 9.87. The maximum atomic E-state index is 10.3. The molecule has 0 amide bonds. The van der Waals surface area contributed by atoms with Crippen LogP contribution in [0.25, 0.3) is 0 Å². The van der Waals surface area contributed by atoms with Gasteiger partial charge in [0.15, 0.2) is 0 Å². The van der Waals surface area contributed by atoms with Crippen molar-refractivity contribution in [2.45, 2.75) is 38.2 Å². The standard InChI is InChI=1S/C15H23NO/c1-15(17,14-7-3-2-4-8-14)12-16-11-5-6-13-9-10-13/h2-4,7-8,13,16-17H,5-6,9-12H2,1H3. The van der Waals surface area contributed by atoms with Crippen molar-refractivity contribution >= 4 is 0 Å². The second-order valence-corrected chi connectivity index (χ2v) is 5.40. The lowest BCUT2D eigenvalue weighted by atomic mass is 9.96. The Labute approximate surface area is 104 Å². The average Bonchev–Trinajstić information content (AvgIpc) is 3.14. The third-order valence-electron chi connectivity index (χ3n) is 3.53. The fourth-order valence-electron chi connectivity index (χ4n) is 2.15. The average molecular weight is 233 g/mol. The molecule has 0 heterocycles. The van der Waals surface area contributed by atoms with E-state index in [0.29, 0.717) is 6.54 Å².